The van der Waals surface area contributed by atoms with Gasteiger partial charge in [-0.05, 0) is 12.8 Å². The van der Waals surface area contributed by atoms with E-state index in [1.807, 2.05) is 0 Å². The number of rotatable bonds is 6. The van der Waals surface area contributed by atoms with Crippen LogP contribution in [0.2, 0.25) is 0 Å². The van der Waals surface area contributed by atoms with Gasteiger partial charge in [-0.3, -0.25) is 4.79 Å². The average molecular weight is 258 g/mol. The number of hydrogen-bond donors (Lipinski definition) is 5. The predicted octanol–water partition coefficient (Wildman–Crippen LogP) is -0.791. The monoisotopic (exact) mass is 258 g/mol. The molecule has 0 aromatic carbocycles. The van der Waals surface area contributed by atoms with Gasteiger partial charge in [0.05, 0.1) is 5.41 Å². The third-order valence-electron chi connectivity index (χ3n) is 3.06. The maximum atomic E-state index is 11.3. The van der Waals surface area contributed by atoms with Gasteiger partial charge >= 0.3 is 18.0 Å². The van der Waals surface area contributed by atoms with Crippen LogP contribution in [0.4, 0.5) is 9.59 Å². The number of carboxylic acid groups (broad SMARTS) is 1. The van der Waals surface area contributed by atoms with Crippen LogP contribution < -0.4 is 21.7 Å². The largest absolute Gasteiger partial charge is 0.481 e. The quantitative estimate of drug-likeness (QED) is 0.399. The van der Waals surface area contributed by atoms with E-state index in [0.717, 1.165) is 6.42 Å². The van der Waals surface area contributed by atoms with Crippen molar-refractivity contribution in [3.8, 4) is 0 Å². The first kappa shape index (κ1) is 14.1. The lowest BCUT2D eigenvalue weighted by Crippen LogP contribution is -2.50. The molecule has 0 aliphatic heterocycles. The van der Waals surface area contributed by atoms with Crippen molar-refractivity contribution < 1.29 is 19.5 Å². The van der Waals surface area contributed by atoms with Crippen molar-refractivity contribution in [3.63, 3.8) is 0 Å². The lowest BCUT2D eigenvalue weighted by Gasteiger charge is -2.37. The minimum absolute atomic E-state index is 0.122. The standard InChI is InChI=1S/C10H18N4O4/c11-8(17)12-4-5-13-9(18)14-6-10(7(15)16)2-1-3-10/h1-6H2,(H,15,16)(H3,11,12,17)(H2,13,14,18). The number of amides is 4. The molecule has 0 radical (unpaired) electrons. The lowest BCUT2D eigenvalue weighted by molar-refractivity contribution is -0.153. The van der Waals surface area contributed by atoms with Crippen molar-refractivity contribution in [2.75, 3.05) is 19.6 Å². The Morgan fingerprint density at radius 1 is 1.11 bits per heavy atom. The summed E-state index contributed by atoms with van der Waals surface area (Å²) in [4.78, 5) is 32.7. The Hall–Kier alpha value is -1.99. The summed E-state index contributed by atoms with van der Waals surface area (Å²) in [5.41, 5.74) is 4.04. The Balaban J connectivity index is 2.17. The van der Waals surface area contributed by atoms with Gasteiger partial charge in [0.15, 0.2) is 0 Å². The lowest BCUT2D eigenvalue weighted by atomic mass is 9.69. The molecular formula is C10H18N4O4. The molecule has 1 saturated carbocycles. The fourth-order valence-electron chi connectivity index (χ4n) is 1.74. The SMILES string of the molecule is NC(=O)NCCNC(=O)NCC1(C(=O)O)CCC1. The summed E-state index contributed by atoms with van der Waals surface area (Å²) in [5, 5.41) is 16.4. The Kier molecular flexibility index (Phi) is 4.75. The first-order valence-electron chi connectivity index (χ1n) is 5.75. The molecule has 0 spiro atoms. The summed E-state index contributed by atoms with van der Waals surface area (Å²) >= 11 is 0. The van der Waals surface area contributed by atoms with Crippen molar-refractivity contribution in [1.29, 1.82) is 0 Å². The second-order valence-electron chi connectivity index (χ2n) is 4.34. The van der Waals surface area contributed by atoms with Gasteiger partial charge in [-0.25, -0.2) is 9.59 Å². The van der Waals surface area contributed by atoms with Gasteiger partial charge in [-0.2, -0.15) is 0 Å². The van der Waals surface area contributed by atoms with Crippen LogP contribution in [0.25, 0.3) is 0 Å². The molecule has 0 aromatic rings. The molecule has 0 aromatic heterocycles. The third kappa shape index (κ3) is 3.79. The van der Waals surface area contributed by atoms with Crippen LogP contribution in [0.5, 0.6) is 0 Å². The molecule has 1 fully saturated rings. The maximum absolute atomic E-state index is 11.3. The molecule has 0 atom stereocenters. The van der Waals surface area contributed by atoms with Gasteiger partial charge in [-0.1, -0.05) is 6.42 Å². The normalized spacial score (nSPS) is 16.2. The second-order valence-corrected chi connectivity index (χ2v) is 4.34. The number of carbonyl (C=O) groups is 3. The highest BCUT2D eigenvalue weighted by molar-refractivity contribution is 5.78. The van der Waals surface area contributed by atoms with E-state index in [1.54, 1.807) is 0 Å². The van der Waals surface area contributed by atoms with Crippen molar-refractivity contribution in [1.82, 2.24) is 16.0 Å². The minimum Gasteiger partial charge on any atom is -0.481 e. The molecule has 4 amide bonds. The number of aliphatic carboxylic acids is 1. The van der Waals surface area contributed by atoms with E-state index in [0.29, 0.717) is 12.8 Å². The van der Waals surface area contributed by atoms with Crippen LogP contribution >= 0.6 is 0 Å². The number of hydrogen-bond acceptors (Lipinski definition) is 3. The number of carboxylic acids is 1. The number of nitrogens with one attached hydrogen (secondary N) is 3. The number of urea groups is 2. The molecule has 0 saturated heterocycles. The summed E-state index contributed by atoms with van der Waals surface area (Å²) in [5.74, 6) is -0.871. The van der Waals surface area contributed by atoms with Gasteiger partial charge in [-0.15, -0.1) is 0 Å². The zero-order valence-corrected chi connectivity index (χ0v) is 9.99. The van der Waals surface area contributed by atoms with E-state index in [4.69, 9.17) is 10.8 Å². The van der Waals surface area contributed by atoms with E-state index in [-0.39, 0.29) is 19.6 Å². The van der Waals surface area contributed by atoms with Crippen molar-refractivity contribution >= 4 is 18.0 Å². The van der Waals surface area contributed by atoms with E-state index in [2.05, 4.69) is 16.0 Å². The van der Waals surface area contributed by atoms with Crippen LogP contribution in [0, 0.1) is 5.41 Å². The van der Waals surface area contributed by atoms with Gasteiger partial charge < -0.3 is 26.8 Å². The zero-order valence-electron chi connectivity index (χ0n) is 9.99. The summed E-state index contributed by atoms with van der Waals surface area (Å²) in [6.45, 7) is 0.582. The fraction of sp³-hybridized carbons (Fsp3) is 0.700. The Morgan fingerprint density at radius 2 is 1.72 bits per heavy atom. The molecule has 0 unspecified atom stereocenters. The van der Waals surface area contributed by atoms with Gasteiger partial charge in [0, 0.05) is 19.6 Å². The first-order chi connectivity index (χ1) is 8.46. The van der Waals surface area contributed by atoms with Crippen molar-refractivity contribution in [2.24, 2.45) is 11.1 Å². The first-order valence-corrected chi connectivity index (χ1v) is 5.75. The Labute approximate surface area is 104 Å². The summed E-state index contributed by atoms with van der Waals surface area (Å²) in [7, 11) is 0. The number of nitrogens with two attached hydrogens (primary N) is 1. The minimum atomic E-state index is -0.871. The maximum Gasteiger partial charge on any atom is 0.314 e. The molecule has 0 heterocycles. The van der Waals surface area contributed by atoms with Gasteiger partial charge in [0.25, 0.3) is 0 Å². The molecule has 1 aliphatic rings. The van der Waals surface area contributed by atoms with Crippen LogP contribution in [0.15, 0.2) is 0 Å². The third-order valence-corrected chi connectivity index (χ3v) is 3.06. The van der Waals surface area contributed by atoms with Crippen LogP contribution in [0.3, 0.4) is 0 Å². The molecule has 6 N–H and O–H groups in total. The van der Waals surface area contributed by atoms with Crippen LogP contribution in [-0.4, -0.2) is 42.8 Å². The highest BCUT2D eigenvalue weighted by Crippen LogP contribution is 2.40. The fourth-order valence-corrected chi connectivity index (χ4v) is 1.74. The molecule has 1 rings (SSSR count). The highest BCUT2D eigenvalue weighted by Gasteiger charge is 2.44. The molecule has 18 heavy (non-hydrogen) atoms. The topological polar surface area (TPSA) is 134 Å². The van der Waals surface area contributed by atoms with Gasteiger partial charge in [0.1, 0.15) is 0 Å². The average Bonchev–Trinajstić information content (AvgIpc) is 2.22. The molecule has 1 aliphatic carbocycles. The van der Waals surface area contributed by atoms with E-state index < -0.39 is 23.4 Å². The molecule has 8 heteroatoms. The smallest absolute Gasteiger partial charge is 0.314 e. The molecule has 102 valence electrons. The summed E-state index contributed by atoms with van der Waals surface area (Å²) in [6.07, 6.45) is 2.05. The van der Waals surface area contributed by atoms with Gasteiger partial charge in [0.2, 0.25) is 0 Å². The highest BCUT2D eigenvalue weighted by atomic mass is 16.4. The van der Waals surface area contributed by atoms with E-state index in [1.165, 1.54) is 0 Å². The molecule has 8 nitrogen and oxygen atoms in total. The zero-order chi connectivity index (χ0) is 13.6. The van der Waals surface area contributed by atoms with Crippen LogP contribution in [0.1, 0.15) is 19.3 Å². The second kappa shape index (κ2) is 6.08. The number of primary amides is 1. The van der Waals surface area contributed by atoms with E-state index in [9.17, 15) is 14.4 Å². The molecular weight excluding hydrogens is 240 g/mol. The summed E-state index contributed by atoms with van der Waals surface area (Å²) in [6, 6.07) is -1.11. The predicted molar refractivity (Wildman–Crippen MR) is 62.9 cm³/mol. The summed E-state index contributed by atoms with van der Waals surface area (Å²) < 4.78 is 0. The van der Waals surface area contributed by atoms with Crippen LogP contribution in [-0.2, 0) is 4.79 Å². The Bertz CT molecular complexity index is 341. The van der Waals surface area contributed by atoms with Crippen molar-refractivity contribution in [3.05, 3.63) is 0 Å². The number of carbonyl (C=O) groups excluding carboxylic acids is 2. The Morgan fingerprint density at radius 3 is 2.17 bits per heavy atom. The van der Waals surface area contributed by atoms with Crippen molar-refractivity contribution in [2.45, 2.75) is 19.3 Å². The molecule has 0 bridgehead atoms. The van der Waals surface area contributed by atoms with E-state index >= 15 is 0 Å².